The molecule has 0 aromatic rings. The lowest BCUT2D eigenvalue weighted by atomic mass is 10.0. The molecule has 0 fully saturated rings. The highest BCUT2D eigenvalue weighted by atomic mass is 31.2. The van der Waals surface area contributed by atoms with E-state index in [1.165, 1.54) is 116 Å². The fraction of sp³-hybridized carbons (Fsp3) is 0.972. The van der Waals surface area contributed by atoms with Crippen LogP contribution in [-0.4, -0.2) is 70.7 Å². The smallest absolute Gasteiger partial charge is 0.306 e. The molecule has 0 rings (SSSR count). The van der Waals surface area contributed by atoms with Gasteiger partial charge in [0.05, 0.1) is 34.4 Å². The molecule has 270 valence electrons. The number of carbonyl (C=O) groups excluding carboxylic acids is 1. The number of phosphoric acid groups is 1. The van der Waals surface area contributed by atoms with Crippen LogP contribution >= 0.6 is 7.82 Å². The first kappa shape index (κ1) is 44.5. The Balaban J connectivity index is 4.28. The van der Waals surface area contributed by atoms with E-state index in [4.69, 9.17) is 18.5 Å². The minimum absolute atomic E-state index is 0.0308. The molecular weight excluding hydrogens is 589 g/mol. The SMILES string of the molecule is CCCCCCCCCCCCCCCC(=O)OC(COCCCCCCCCCCCC)COP(=O)([O-])OCC[N+](C)(C)C. The van der Waals surface area contributed by atoms with E-state index in [-0.39, 0.29) is 25.8 Å². The van der Waals surface area contributed by atoms with Gasteiger partial charge in [0.1, 0.15) is 19.3 Å². The zero-order chi connectivity index (χ0) is 33.5. The normalized spacial score (nSPS) is 14.0. The molecule has 0 aliphatic rings. The number of carbonyl (C=O) groups is 1. The number of likely N-dealkylation sites (N-methyl/N-ethyl adjacent to an activating group) is 1. The summed E-state index contributed by atoms with van der Waals surface area (Å²) in [5.41, 5.74) is 0. The van der Waals surface area contributed by atoms with Crippen LogP contribution in [0.3, 0.4) is 0 Å². The van der Waals surface area contributed by atoms with Crippen LogP contribution in [-0.2, 0) is 27.9 Å². The van der Waals surface area contributed by atoms with E-state index >= 15 is 0 Å². The molecule has 0 heterocycles. The number of hydrogen-bond donors (Lipinski definition) is 0. The summed E-state index contributed by atoms with van der Waals surface area (Å²) in [6.07, 6.45) is 28.1. The van der Waals surface area contributed by atoms with Gasteiger partial charge in [-0.2, -0.15) is 0 Å². The van der Waals surface area contributed by atoms with Gasteiger partial charge in [-0.3, -0.25) is 9.36 Å². The highest BCUT2D eigenvalue weighted by molar-refractivity contribution is 7.45. The molecule has 0 N–H and O–H groups in total. The molecule has 9 heteroatoms. The minimum Gasteiger partial charge on any atom is -0.756 e. The predicted molar refractivity (Wildman–Crippen MR) is 185 cm³/mol. The number of rotatable bonds is 35. The first-order chi connectivity index (χ1) is 21.6. The molecule has 0 aliphatic heterocycles. The summed E-state index contributed by atoms with van der Waals surface area (Å²) in [4.78, 5) is 24.9. The van der Waals surface area contributed by atoms with Crippen LogP contribution < -0.4 is 4.89 Å². The van der Waals surface area contributed by atoms with Crippen LogP contribution in [0.1, 0.15) is 168 Å². The third kappa shape index (κ3) is 34.6. The number of esters is 1. The molecule has 0 radical (unpaired) electrons. The lowest BCUT2D eigenvalue weighted by Gasteiger charge is -2.28. The maximum Gasteiger partial charge on any atom is 0.306 e. The van der Waals surface area contributed by atoms with Crippen LogP contribution in [0.4, 0.5) is 0 Å². The molecule has 45 heavy (non-hydrogen) atoms. The molecule has 0 saturated heterocycles. The summed E-state index contributed by atoms with van der Waals surface area (Å²) in [5.74, 6) is -0.333. The second-order valence-corrected chi connectivity index (χ2v) is 15.4. The lowest BCUT2D eigenvalue weighted by Crippen LogP contribution is -2.37. The van der Waals surface area contributed by atoms with Crippen LogP contribution in [0.5, 0.6) is 0 Å². The molecule has 0 aromatic heterocycles. The van der Waals surface area contributed by atoms with Crippen molar-refractivity contribution in [2.75, 3.05) is 54.1 Å². The third-order valence-electron chi connectivity index (χ3n) is 8.16. The second kappa shape index (κ2) is 30.8. The van der Waals surface area contributed by atoms with Crippen molar-refractivity contribution >= 4 is 13.8 Å². The standard InChI is InChI=1S/C36H74NO7P/c1-6-8-10-12-14-16-18-19-20-21-23-25-27-29-36(38)44-35(34-43-45(39,40)42-32-30-37(3,4)5)33-41-31-28-26-24-22-17-15-13-11-9-7-2/h35H,6-34H2,1-5H3. The Hall–Kier alpha value is -0.500. The molecule has 2 unspecified atom stereocenters. The van der Waals surface area contributed by atoms with Gasteiger partial charge in [-0.25, -0.2) is 0 Å². The largest absolute Gasteiger partial charge is 0.756 e. The maximum atomic E-state index is 12.6. The fourth-order valence-corrected chi connectivity index (χ4v) is 5.92. The van der Waals surface area contributed by atoms with Crippen LogP contribution in [0, 0.1) is 0 Å². The van der Waals surface area contributed by atoms with Gasteiger partial charge in [-0.1, -0.05) is 149 Å². The van der Waals surface area contributed by atoms with Crippen molar-refractivity contribution in [3.05, 3.63) is 0 Å². The Morgan fingerprint density at radius 3 is 1.47 bits per heavy atom. The van der Waals surface area contributed by atoms with Crippen molar-refractivity contribution < 1.29 is 37.3 Å². The summed E-state index contributed by atoms with van der Waals surface area (Å²) in [6.45, 7) is 5.42. The van der Waals surface area contributed by atoms with Gasteiger partial charge in [-0.15, -0.1) is 0 Å². The monoisotopic (exact) mass is 664 g/mol. The topological polar surface area (TPSA) is 94.1 Å². The fourth-order valence-electron chi connectivity index (χ4n) is 5.19. The van der Waals surface area contributed by atoms with Gasteiger partial charge < -0.3 is 27.9 Å². The summed E-state index contributed by atoms with van der Waals surface area (Å²) in [7, 11) is 1.37. The summed E-state index contributed by atoms with van der Waals surface area (Å²) >= 11 is 0. The average Bonchev–Trinajstić information content (AvgIpc) is 2.98. The first-order valence-electron chi connectivity index (χ1n) is 18.8. The number of nitrogens with zero attached hydrogens (tertiary/aromatic N) is 1. The van der Waals surface area contributed by atoms with Gasteiger partial charge >= 0.3 is 5.97 Å². The quantitative estimate of drug-likeness (QED) is 0.0288. The molecule has 8 nitrogen and oxygen atoms in total. The number of hydrogen-bond acceptors (Lipinski definition) is 7. The van der Waals surface area contributed by atoms with E-state index in [9.17, 15) is 14.3 Å². The van der Waals surface area contributed by atoms with Gasteiger partial charge in [0.15, 0.2) is 0 Å². The van der Waals surface area contributed by atoms with Gasteiger partial charge in [0.2, 0.25) is 0 Å². The van der Waals surface area contributed by atoms with E-state index in [1.54, 1.807) is 0 Å². The second-order valence-electron chi connectivity index (χ2n) is 14.0. The van der Waals surface area contributed by atoms with Crippen molar-refractivity contribution in [1.82, 2.24) is 0 Å². The molecule has 0 aliphatic carbocycles. The van der Waals surface area contributed by atoms with Crippen molar-refractivity contribution in [3.63, 3.8) is 0 Å². The van der Waals surface area contributed by atoms with E-state index in [0.29, 0.717) is 24.1 Å². The average molecular weight is 664 g/mol. The molecule has 2 atom stereocenters. The molecule has 0 bridgehead atoms. The van der Waals surface area contributed by atoms with Gasteiger partial charge in [0, 0.05) is 13.0 Å². The van der Waals surface area contributed by atoms with Crippen molar-refractivity contribution in [2.45, 2.75) is 174 Å². The molecule has 0 saturated carbocycles. The Bertz CT molecular complexity index is 701. The third-order valence-corrected chi connectivity index (χ3v) is 9.12. The Labute approximate surface area is 278 Å². The molecule has 0 spiro atoms. The number of quaternary nitrogens is 1. The number of phosphoric ester groups is 1. The summed E-state index contributed by atoms with van der Waals surface area (Å²) in [6, 6.07) is 0. The highest BCUT2D eigenvalue weighted by Gasteiger charge is 2.20. The zero-order valence-electron chi connectivity index (χ0n) is 30.3. The van der Waals surface area contributed by atoms with Gasteiger partial charge in [0.25, 0.3) is 7.82 Å². The highest BCUT2D eigenvalue weighted by Crippen LogP contribution is 2.38. The predicted octanol–water partition coefficient (Wildman–Crippen LogP) is 9.52. The van der Waals surface area contributed by atoms with Crippen molar-refractivity contribution in [1.29, 1.82) is 0 Å². The van der Waals surface area contributed by atoms with E-state index in [1.807, 2.05) is 21.1 Å². The van der Waals surface area contributed by atoms with E-state index in [0.717, 1.165) is 32.1 Å². The summed E-state index contributed by atoms with van der Waals surface area (Å²) in [5, 5.41) is 0. The van der Waals surface area contributed by atoms with Crippen LogP contribution in [0.15, 0.2) is 0 Å². The number of ether oxygens (including phenoxy) is 2. The van der Waals surface area contributed by atoms with E-state index < -0.39 is 13.9 Å². The lowest BCUT2D eigenvalue weighted by molar-refractivity contribution is -0.870. The maximum absolute atomic E-state index is 12.6. The zero-order valence-corrected chi connectivity index (χ0v) is 31.2. The minimum atomic E-state index is -4.50. The molecule has 0 amide bonds. The summed E-state index contributed by atoms with van der Waals surface area (Å²) < 4.78 is 34.4. The van der Waals surface area contributed by atoms with Crippen molar-refractivity contribution in [3.8, 4) is 0 Å². The first-order valence-corrected chi connectivity index (χ1v) is 20.2. The van der Waals surface area contributed by atoms with E-state index in [2.05, 4.69) is 13.8 Å². The van der Waals surface area contributed by atoms with Crippen molar-refractivity contribution in [2.24, 2.45) is 0 Å². The number of unbranched alkanes of at least 4 members (excludes halogenated alkanes) is 21. The Morgan fingerprint density at radius 1 is 0.600 bits per heavy atom. The Morgan fingerprint density at radius 2 is 1.02 bits per heavy atom. The Kier molecular flexibility index (Phi) is 30.5. The van der Waals surface area contributed by atoms with Crippen LogP contribution in [0.2, 0.25) is 0 Å². The van der Waals surface area contributed by atoms with Crippen LogP contribution in [0.25, 0.3) is 0 Å². The van der Waals surface area contributed by atoms with Gasteiger partial charge in [-0.05, 0) is 12.8 Å². The molecule has 0 aromatic carbocycles. The molecular formula is C36H74NO7P.